The molecule has 3 fully saturated rings. The smallest absolute Gasteiger partial charge is 0.0379 e. The summed E-state index contributed by atoms with van der Waals surface area (Å²) in [5, 5.41) is 15.2. The van der Waals surface area contributed by atoms with Gasteiger partial charge in [-0.15, -0.1) is 0 Å². The second-order valence-electron chi connectivity index (χ2n) is 16.6. The third-order valence-electron chi connectivity index (χ3n) is 11.5. The minimum absolute atomic E-state index is 0. The van der Waals surface area contributed by atoms with E-state index in [0.717, 1.165) is 66.0 Å². The van der Waals surface area contributed by atoms with E-state index in [4.69, 9.17) is 22.1 Å². The van der Waals surface area contributed by atoms with Crippen molar-refractivity contribution in [1.29, 1.82) is 10.7 Å². The molecule has 3 radical (unpaired) electrons. The molecule has 0 amide bonds. The van der Waals surface area contributed by atoms with Gasteiger partial charge in [0.2, 0.25) is 0 Å². The van der Waals surface area contributed by atoms with E-state index >= 15 is 0 Å². The number of aliphatic imine (C=N–C) groups is 5. The van der Waals surface area contributed by atoms with E-state index in [1.54, 1.807) is 0 Å². The number of guanidine groups is 3. The topological polar surface area (TPSA) is 184 Å². The van der Waals surface area contributed by atoms with Gasteiger partial charge in [0.25, 0.3) is 0 Å². The number of hydrogen-bond donors (Lipinski definition) is 6. The summed E-state index contributed by atoms with van der Waals surface area (Å²) in [6, 6.07) is 35.2. The molecule has 379 valence electrons. The van der Waals surface area contributed by atoms with Gasteiger partial charge in [0.05, 0.1) is 31.4 Å². The average Bonchev–Trinajstić information content (AvgIpc) is 3.77. The Balaban J connectivity index is 0.000000887. The number of nitrogens with two attached hydrogens (primary N) is 2. The van der Waals surface area contributed by atoms with Crippen LogP contribution in [0.2, 0.25) is 0 Å². The molecule has 10 rings (SSSR count). The van der Waals surface area contributed by atoms with Crippen LogP contribution in [0.5, 0.6) is 0 Å². The molecule has 3 saturated heterocycles. The molecule has 4 aromatic carbocycles. The number of nitrogens with one attached hydrogen (secondary N) is 4. The first-order valence-corrected chi connectivity index (χ1v) is 23.7. The number of rotatable bonds is 4. The predicted octanol–water partition coefficient (Wildman–Crippen LogP) is 8.05. The molecule has 71 heavy (non-hydrogen) atoms. The molecule has 18 heteroatoms. The Bertz CT molecular complexity index is 2270. The van der Waals surface area contributed by atoms with Crippen molar-refractivity contribution >= 4 is 76.6 Å². The molecule has 0 atom stereocenters. The van der Waals surface area contributed by atoms with Crippen molar-refractivity contribution in [1.82, 2.24) is 20.0 Å². The summed E-state index contributed by atoms with van der Waals surface area (Å²) in [6.45, 7) is 15.8. The van der Waals surface area contributed by atoms with Crippen LogP contribution in [-0.2, 0) is 0 Å². The molecule has 0 bridgehead atoms. The monoisotopic (exact) mass is 1190 g/mol. The fraction of sp³-hybridized carbons (Fsp3) is 0.453. The van der Waals surface area contributed by atoms with E-state index in [1.165, 1.54) is 115 Å². The Labute approximate surface area is 461 Å². The number of para-hydroxylation sites is 4. The molecular weight excluding hydrogens is 1100 g/mol. The van der Waals surface area contributed by atoms with Gasteiger partial charge in [0, 0.05) is 129 Å². The van der Waals surface area contributed by atoms with Crippen LogP contribution in [0.25, 0.3) is 0 Å². The zero-order valence-corrected chi connectivity index (χ0v) is 45.2. The molecular formula is C53H84B3N14U. The molecule has 0 aliphatic carbocycles. The zero-order chi connectivity index (χ0) is 52.0. The maximum atomic E-state index is 5.91. The quantitative estimate of drug-likeness (QED) is 0.0674. The van der Waals surface area contributed by atoms with Crippen LogP contribution in [0.15, 0.2) is 134 Å². The van der Waals surface area contributed by atoms with Gasteiger partial charge in [0.15, 0.2) is 17.9 Å². The summed E-state index contributed by atoms with van der Waals surface area (Å²) in [5.74, 6) is 4.70. The average molecular weight is 1190 g/mol. The fourth-order valence-corrected chi connectivity index (χ4v) is 8.09. The van der Waals surface area contributed by atoms with Gasteiger partial charge >= 0.3 is 14.3 Å². The minimum atomic E-state index is 0. The van der Waals surface area contributed by atoms with Crippen LogP contribution in [0.1, 0.15) is 90.2 Å². The number of nitrogens with zero attached hydrogens (tertiary/aromatic N) is 8. The molecule has 0 aromatic heterocycles. The van der Waals surface area contributed by atoms with Gasteiger partial charge in [-0.25, -0.2) is 9.98 Å². The van der Waals surface area contributed by atoms with E-state index in [9.17, 15) is 0 Å². The van der Waals surface area contributed by atoms with E-state index in [0.29, 0.717) is 27.9 Å². The van der Waals surface area contributed by atoms with Crippen LogP contribution >= 0.6 is 0 Å². The molecule has 0 unspecified atom stereocenters. The SMILES string of the molecule is C.C.C1CCC2=NCCCN2CC1.C1CN=C2CCCN2C1.C1CN=C2NCCCN2C1.Cc1ccccc1N=C(N)Nc1ccccc1C.NC(=Nc1ccccc1)Nc1ccccc1.[2H]B=N.[2H][B].[2H][B][3H].[U]. The summed E-state index contributed by atoms with van der Waals surface area (Å²) >= 11 is 0. The summed E-state index contributed by atoms with van der Waals surface area (Å²) < 4.78 is 22.5. The Morgan fingerprint density at radius 1 is 0.676 bits per heavy atom. The second-order valence-corrected chi connectivity index (χ2v) is 16.6. The van der Waals surface area contributed by atoms with Crippen LogP contribution < -0.4 is 27.4 Å². The van der Waals surface area contributed by atoms with Crippen molar-refractivity contribution in [3.05, 3.63) is 120 Å². The minimum Gasteiger partial charge on any atom is -0.0379 e. The summed E-state index contributed by atoms with van der Waals surface area (Å²) in [6.07, 6.45) is 13.0. The second kappa shape index (κ2) is 38.4. The maximum absolute atomic E-state index is 5.91. The molecule has 0 spiro atoms. The Morgan fingerprint density at radius 3 is 1.79 bits per heavy atom. The van der Waals surface area contributed by atoms with E-state index in [-0.39, 0.29) is 46.0 Å². The van der Waals surface area contributed by atoms with Crippen LogP contribution in [0.4, 0.5) is 22.7 Å². The van der Waals surface area contributed by atoms with E-state index in [1.807, 2.05) is 123 Å². The van der Waals surface area contributed by atoms with Gasteiger partial charge in [-0.2, -0.15) is 0 Å². The van der Waals surface area contributed by atoms with Crippen LogP contribution in [0.3, 0.4) is 0 Å². The summed E-state index contributed by atoms with van der Waals surface area (Å²) in [7, 11) is 4.75. The molecule has 6 aliphatic heterocycles. The molecule has 8 N–H and O–H groups in total. The van der Waals surface area contributed by atoms with Crippen molar-refractivity contribution in [3.8, 4) is 0 Å². The molecule has 0 saturated carbocycles. The van der Waals surface area contributed by atoms with E-state index < -0.39 is 0 Å². The van der Waals surface area contributed by atoms with Gasteiger partial charge in [-0.3, -0.25) is 15.0 Å². The van der Waals surface area contributed by atoms with Gasteiger partial charge in [-0.05, 0) is 110 Å². The maximum Gasteiger partial charge on any atom is 0.0643 e. The van der Waals surface area contributed by atoms with Crippen molar-refractivity contribution in [2.45, 2.75) is 92.9 Å². The molecule has 4 aromatic rings. The van der Waals surface area contributed by atoms with Crippen LogP contribution in [0, 0.1) is 50.3 Å². The fourth-order valence-electron chi connectivity index (χ4n) is 8.09. The zero-order valence-electron chi connectivity index (χ0n) is 45.0. The Hall–Kier alpha value is -5.32. The standard InChI is InChI=1S/C15H17N3.C13H13N3.C9H16N2.C7H13N3.C7H12N2.2CH4.BH2N.BH2.BH.U/c1-11-7-3-5-9-13(11)17-15(16)18-14-10-6-4-8-12(14)2;14-13(15-11-7-3-1-4-8-11)16-12-9-5-2-6-10-12;1-2-5-9-10-6-4-8-11(9)7-3-1;1-3-8-7-9-4-2-6-10(7)5-1;1-3-7-8-4-2-6-9(7)5-1;;;1-2;;;/h3-10H,1-2H3,(H3,16,17,18);1-10H,(H3,14,15,16);1-8H2;1-6H2,(H,8,9);1-6H2;2*1H4;1-2H;1H2;1H;/i;;;;;;;1D;1TD;1D;. The first kappa shape index (κ1) is 58.2. The van der Waals surface area contributed by atoms with Crippen molar-refractivity contribution in [2.24, 2.45) is 36.4 Å². The van der Waals surface area contributed by atoms with Crippen LogP contribution in [-0.4, -0.2) is 139 Å². The third kappa shape index (κ3) is 24.1. The number of aryl methyl sites for hydroxylation is 2. The third-order valence-corrected chi connectivity index (χ3v) is 11.5. The predicted molar refractivity (Wildman–Crippen MR) is 310 cm³/mol. The Kier molecular flexibility index (Phi) is 31.5. The summed E-state index contributed by atoms with van der Waals surface area (Å²) in [5.41, 5.74) is 17.6. The Morgan fingerprint density at radius 2 is 1.17 bits per heavy atom. The largest absolute Gasteiger partial charge is 0.0643 e. The number of fused-ring (bicyclic) bond motifs is 3. The van der Waals surface area contributed by atoms with Gasteiger partial charge in [0.1, 0.15) is 0 Å². The number of amidine groups is 2. The van der Waals surface area contributed by atoms with Crippen molar-refractivity contribution in [3.63, 3.8) is 0 Å². The number of hydrogen-bond acceptors (Lipinski definition) is 10. The molecule has 6 heterocycles. The van der Waals surface area contributed by atoms with E-state index in [2.05, 4.69) is 64.0 Å². The van der Waals surface area contributed by atoms with Gasteiger partial charge < -0.3 is 42.1 Å². The normalized spacial score (nSPS) is 16.5. The van der Waals surface area contributed by atoms with Crippen molar-refractivity contribution < 1.29 is 31.1 Å². The first-order valence-electron chi connectivity index (χ1n) is 26.0. The number of benzene rings is 4. The van der Waals surface area contributed by atoms with Crippen molar-refractivity contribution in [2.75, 3.05) is 76.1 Å². The summed E-state index contributed by atoms with van der Waals surface area (Å²) in [4.78, 5) is 29.2. The number of anilines is 2. The molecule has 14 nitrogen and oxygen atoms in total. The molecule has 6 aliphatic rings. The first-order chi connectivity index (χ1) is 35.2. The van der Waals surface area contributed by atoms with Gasteiger partial charge in [-0.1, -0.05) is 94.1 Å².